The van der Waals surface area contributed by atoms with Gasteiger partial charge in [-0.3, -0.25) is 4.79 Å². The predicted octanol–water partition coefficient (Wildman–Crippen LogP) is -0.806. The molecule has 0 aromatic rings. The van der Waals surface area contributed by atoms with E-state index in [1.165, 1.54) is 0 Å². The maximum Gasteiger partial charge on any atom is 0.220 e. The van der Waals surface area contributed by atoms with Crippen LogP contribution in [-0.4, -0.2) is 140 Å². The molecule has 0 saturated carbocycles. The van der Waals surface area contributed by atoms with Crippen molar-refractivity contribution in [2.24, 2.45) is 0 Å². The van der Waals surface area contributed by atoms with Crippen molar-refractivity contribution >= 4 is 5.91 Å². The normalized spacial score (nSPS) is 34.0. The second-order valence-corrected chi connectivity index (χ2v) is 11.9. The van der Waals surface area contributed by atoms with E-state index in [2.05, 4.69) is 19.2 Å². The molecule has 44 heavy (non-hydrogen) atoms. The summed E-state index contributed by atoms with van der Waals surface area (Å²) in [6.07, 6.45) is -6.07. The molecule has 0 aromatic heterocycles. The monoisotopic (exact) mass is 639 g/mol. The zero-order valence-electron chi connectivity index (χ0n) is 26.2. The number of aliphatic hydroxyl groups is 8. The van der Waals surface area contributed by atoms with Gasteiger partial charge in [0.2, 0.25) is 5.91 Å². The van der Waals surface area contributed by atoms with E-state index in [4.69, 9.17) is 18.9 Å². The SMILES string of the molecule is CCCCCCCC(=O)NC(COC1OC(CO)C(OC2OC(CO)C(O)C(O)C2O)C(O)C1O)C(O)CCCCCCC. The van der Waals surface area contributed by atoms with Crippen LogP contribution in [0.1, 0.15) is 90.9 Å². The smallest absolute Gasteiger partial charge is 0.220 e. The molecule has 14 heteroatoms. The van der Waals surface area contributed by atoms with Gasteiger partial charge in [0, 0.05) is 6.42 Å². The quantitative estimate of drug-likeness (QED) is 0.0702. The number of hydrogen-bond acceptors (Lipinski definition) is 13. The minimum Gasteiger partial charge on any atom is -0.394 e. The van der Waals surface area contributed by atoms with E-state index in [1.54, 1.807) is 0 Å². The number of hydrogen-bond donors (Lipinski definition) is 9. The molecule has 2 fully saturated rings. The van der Waals surface area contributed by atoms with Gasteiger partial charge in [0.1, 0.15) is 48.8 Å². The predicted molar refractivity (Wildman–Crippen MR) is 157 cm³/mol. The Bertz CT molecular complexity index is 775. The van der Waals surface area contributed by atoms with Crippen LogP contribution in [0.25, 0.3) is 0 Å². The second kappa shape index (κ2) is 21.0. The fourth-order valence-corrected chi connectivity index (χ4v) is 5.47. The molecular formula is C30H57NO13. The van der Waals surface area contributed by atoms with Gasteiger partial charge < -0.3 is 65.1 Å². The first-order valence-electron chi connectivity index (χ1n) is 16.3. The third-order valence-electron chi connectivity index (χ3n) is 8.32. The lowest BCUT2D eigenvalue weighted by atomic mass is 9.97. The number of unbranched alkanes of at least 4 members (excludes halogenated alkanes) is 8. The Kier molecular flexibility index (Phi) is 18.7. The average Bonchev–Trinajstić information content (AvgIpc) is 3.01. The first kappa shape index (κ1) is 39.2. The molecule has 0 aliphatic carbocycles. The van der Waals surface area contributed by atoms with Crippen LogP contribution >= 0.6 is 0 Å². The van der Waals surface area contributed by atoms with E-state index in [0.717, 1.165) is 64.2 Å². The van der Waals surface area contributed by atoms with E-state index in [1.807, 2.05) is 0 Å². The van der Waals surface area contributed by atoms with Gasteiger partial charge in [0.25, 0.3) is 0 Å². The molecule has 12 unspecified atom stereocenters. The summed E-state index contributed by atoms with van der Waals surface area (Å²) < 4.78 is 22.3. The van der Waals surface area contributed by atoms with Crippen molar-refractivity contribution in [1.82, 2.24) is 5.32 Å². The first-order valence-corrected chi connectivity index (χ1v) is 16.3. The summed E-state index contributed by atoms with van der Waals surface area (Å²) in [5.41, 5.74) is 0. The molecule has 9 N–H and O–H groups in total. The number of ether oxygens (including phenoxy) is 4. The Morgan fingerprint density at radius 3 is 1.91 bits per heavy atom. The van der Waals surface area contributed by atoms with Gasteiger partial charge in [-0.25, -0.2) is 0 Å². The van der Waals surface area contributed by atoms with Crippen LogP contribution in [0.5, 0.6) is 0 Å². The average molecular weight is 640 g/mol. The zero-order valence-corrected chi connectivity index (χ0v) is 26.2. The molecule has 0 radical (unpaired) electrons. The van der Waals surface area contributed by atoms with Gasteiger partial charge in [0.05, 0.1) is 32.0 Å². The van der Waals surface area contributed by atoms with Crippen LogP contribution in [0.3, 0.4) is 0 Å². The maximum absolute atomic E-state index is 12.7. The Hall–Kier alpha value is -1.01. The molecule has 260 valence electrons. The van der Waals surface area contributed by atoms with E-state index in [9.17, 15) is 45.6 Å². The highest BCUT2D eigenvalue weighted by Crippen LogP contribution is 2.29. The van der Waals surface area contributed by atoms with Gasteiger partial charge in [-0.05, 0) is 12.8 Å². The minimum absolute atomic E-state index is 0.230. The fraction of sp³-hybridized carbons (Fsp3) is 0.967. The number of nitrogens with one attached hydrogen (secondary N) is 1. The molecule has 0 bridgehead atoms. The van der Waals surface area contributed by atoms with Crippen LogP contribution in [0.2, 0.25) is 0 Å². The Labute approximate surface area is 260 Å². The molecule has 1 amide bonds. The zero-order chi connectivity index (χ0) is 32.6. The highest BCUT2D eigenvalue weighted by atomic mass is 16.7. The Morgan fingerprint density at radius 2 is 1.30 bits per heavy atom. The molecule has 2 aliphatic rings. The number of aliphatic hydroxyl groups excluding tert-OH is 8. The fourth-order valence-electron chi connectivity index (χ4n) is 5.47. The molecule has 14 nitrogen and oxygen atoms in total. The van der Waals surface area contributed by atoms with E-state index >= 15 is 0 Å². The largest absolute Gasteiger partial charge is 0.394 e. The van der Waals surface area contributed by atoms with Gasteiger partial charge >= 0.3 is 0 Å². The molecule has 12 atom stereocenters. The van der Waals surface area contributed by atoms with Crippen LogP contribution in [0.4, 0.5) is 0 Å². The lowest BCUT2D eigenvalue weighted by Crippen LogP contribution is -2.65. The third-order valence-corrected chi connectivity index (χ3v) is 8.32. The van der Waals surface area contributed by atoms with Crippen LogP contribution in [-0.2, 0) is 23.7 Å². The Morgan fingerprint density at radius 1 is 0.727 bits per heavy atom. The van der Waals surface area contributed by atoms with Crippen LogP contribution < -0.4 is 5.32 Å². The van der Waals surface area contributed by atoms with Gasteiger partial charge in [-0.2, -0.15) is 0 Å². The lowest BCUT2D eigenvalue weighted by molar-refractivity contribution is -0.359. The topological polar surface area (TPSA) is 228 Å². The molecule has 0 spiro atoms. The van der Waals surface area contributed by atoms with Crippen LogP contribution in [0, 0.1) is 0 Å². The molecule has 2 rings (SSSR count). The molecule has 0 aromatic carbocycles. The highest BCUT2D eigenvalue weighted by Gasteiger charge is 2.50. The van der Waals surface area contributed by atoms with Crippen molar-refractivity contribution in [2.45, 2.75) is 164 Å². The van der Waals surface area contributed by atoms with Crippen molar-refractivity contribution in [3.8, 4) is 0 Å². The third kappa shape index (κ3) is 12.0. The van der Waals surface area contributed by atoms with Crippen LogP contribution in [0.15, 0.2) is 0 Å². The standard InChI is InChI=1S/C30H57NO13/c1-3-5-7-9-11-13-19(34)18(31-22(35)14-12-10-8-6-4-2)17-41-29-27(40)25(38)28(21(16-33)43-29)44-30-26(39)24(37)23(36)20(15-32)42-30/h18-21,23-30,32-34,36-40H,3-17H2,1-2H3,(H,31,35). The van der Waals surface area contributed by atoms with Gasteiger partial charge in [0.15, 0.2) is 12.6 Å². The summed E-state index contributed by atoms with van der Waals surface area (Å²) in [6.45, 7) is 2.58. The molecule has 2 aliphatic heterocycles. The summed E-state index contributed by atoms with van der Waals surface area (Å²) in [5.74, 6) is -0.230. The maximum atomic E-state index is 12.7. The summed E-state index contributed by atoms with van der Waals surface area (Å²) in [5, 5.41) is 85.2. The Balaban J connectivity index is 2.02. The highest BCUT2D eigenvalue weighted by molar-refractivity contribution is 5.76. The molecular weight excluding hydrogens is 582 g/mol. The molecule has 2 heterocycles. The number of amides is 1. The lowest BCUT2D eigenvalue weighted by Gasteiger charge is -2.46. The minimum atomic E-state index is -1.77. The van der Waals surface area contributed by atoms with Gasteiger partial charge in [-0.15, -0.1) is 0 Å². The second-order valence-electron chi connectivity index (χ2n) is 11.9. The summed E-state index contributed by atoms with van der Waals surface area (Å²) in [4.78, 5) is 12.7. The molecule has 2 saturated heterocycles. The summed E-state index contributed by atoms with van der Waals surface area (Å²) in [6, 6.07) is -0.812. The van der Waals surface area contributed by atoms with Crippen molar-refractivity contribution in [2.75, 3.05) is 19.8 Å². The van der Waals surface area contributed by atoms with E-state index < -0.39 is 86.8 Å². The number of rotatable bonds is 21. The van der Waals surface area contributed by atoms with Crippen molar-refractivity contribution in [3.63, 3.8) is 0 Å². The number of carbonyl (C=O) groups is 1. The van der Waals surface area contributed by atoms with Gasteiger partial charge in [-0.1, -0.05) is 71.6 Å². The summed E-state index contributed by atoms with van der Waals surface area (Å²) in [7, 11) is 0. The van der Waals surface area contributed by atoms with Crippen molar-refractivity contribution in [3.05, 3.63) is 0 Å². The number of carbonyl (C=O) groups excluding carboxylic acids is 1. The van der Waals surface area contributed by atoms with Crippen molar-refractivity contribution in [1.29, 1.82) is 0 Å². The first-order chi connectivity index (χ1) is 21.1. The summed E-state index contributed by atoms with van der Waals surface area (Å²) >= 11 is 0. The van der Waals surface area contributed by atoms with Crippen molar-refractivity contribution < 1.29 is 64.6 Å². The van der Waals surface area contributed by atoms with E-state index in [0.29, 0.717) is 12.8 Å². The van der Waals surface area contributed by atoms with E-state index in [-0.39, 0.29) is 12.5 Å².